The van der Waals surface area contributed by atoms with E-state index >= 15 is 0 Å². The maximum absolute atomic E-state index is 13.6. The van der Waals surface area contributed by atoms with Crippen LogP contribution in [0.5, 0.6) is 0 Å². The van der Waals surface area contributed by atoms with Gasteiger partial charge in [0, 0.05) is 10.6 Å². The van der Waals surface area contributed by atoms with Crippen LogP contribution in [0, 0.1) is 5.82 Å². The summed E-state index contributed by atoms with van der Waals surface area (Å²) in [5.41, 5.74) is 0.210. The number of rotatable bonds is 2. The minimum atomic E-state index is -1.41. The zero-order valence-electron chi connectivity index (χ0n) is 9.63. The van der Waals surface area contributed by atoms with Crippen LogP contribution in [0.4, 0.5) is 4.39 Å². The molecule has 0 radical (unpaired) electrons. The molecule has 0 heterocycles. The number of benzene rings is 1. The minimum Gasteiger partial charge on any atom is -0.591 e. The first-order valence-electron chi connectivity index (χ1n) is 4.82. The second-order valence-electron chi connectivity index (χ2n) is 4.39. The van der Waals surface area contributed by atoms with E-state index in [2.05, 4.69) is 20.3 Å². The summed E-state index contributed by atoms with van der Waals surface area (Å²) < 4.78 is 28.9. The molecule has 2 nitrogen and oxygen atoms in total. The van der Waals surface area contributed by atoms with Crippen molar-refractivity contribution in [2.24, 2.45) is 4.40 Å². The van der Waals surface area contributed by atoms with Crippen LogP contribution in [0.2, 0.25) is 5.02 Å². The Morgan fingerprint density at radius 3 is 2.59 bits per heavy atom. The van der Waals surface area contributed by atoms with Gasteiger partial charge in [0.25, 0.3) is 0 Å². The molecule has 1 aromatic rings. The van der Waals surface area contributed by atoms with Gasteiger partial charge in [0.05, 0.1) is 10.7 Å². The molecule has 0 aliphatic heterocycles. The molecule has 0 bridgehead atoms. The first-order valence-corrected chi connectivity index (χ1v) is 7.10. The van der Waals surface area contributed by atoms with Gasteiger partial charge in [0.2, 0.25) is 0 Å². The van der Waals surface area contributed by atoms with Crippen LogP contribution in [-0.2, 0) is 11.4 Å². The van der Waals surface area contributed by atoms with E-state index in [9.17, 15) is 8.94 Å². The summed E-state index contributed by atoms with van der Waals surface area (Å²) in [6.07, 6.45) is 1.24. The smallest absolute Gasteiger partial charge is 0.146 e. The molecular weight excluding hydrogens is 329 g/mol. The SMILES string of the molecule is CC(C)(C)[S@@+]([O-])/N=C/c1cc(Cl)cc(Br)c1F. The Morgan fingerprint density at radius 2 is 2.06 bits per heavy atom. The van der Waals surface area contributed by atoms with Crippen molar-refractivity contribution in [3.8, 4) is 0 Å². The quantitative estimate of drug-likeness (QED) is 0.453. The van der Waals surface area contributed by atoms with Crippen LogP contribution in [0.15, 0.2) is 21.0 Å². The average Bonchev–Trinajstić information content (AvgIpc) is 2.19. The summed E-state index contributed by atoms with van der Waals surface area (Å²) in [4.78, 5) is 0. The van der Waals surface area contributed by atoms with Gasteiger partial charge in [-0.15, -0.1) is 0 Å². The number of hydrogen-bond acceptors (Lipinski definition) is 2. The lowest BCUT2D eigenvalue weighted by atomic mass is 10.2. The third-order valence-corrected chi connectivity index (χ3v) is 3.97. The maximum atomic E-state index is 13.6. The standard InChI is InChI=1S/C11H12BrClFNOS/c1-11(2,3)17(16)15-6-7-4-8(13)5-9(12)10(7)14/h4-6H,1-3H3/b15-6+/t17-/m1/s1. The molecule has 0 fully saturated rings. The third kappa shape index (κ3) is 4.25. The lowest BCUT2D eigenvalue weighted by Gasteiger charge is -2.17. The molecule has 0 N–H and O–H groups in total. The highest BCUT2D eigenvalue weighted by Crippen LogP contribution is 2.24. The molecule has 1 atom stereocenters. The van der Waals surface area contributed by atoms with E-state index in [4.69, 9.17) is 11.6 Å². The molecule has 0 amide bonds. The van der Waals surface area contributed by atoms with Crippen molar-refractivity contribution in [3.05, 3.63) is 33.0 Å². The molecule has 0 saturated carbocycles. The number of halogens is 3. The van der Waals surface area contributed by atoms with Gasteiger partial charge in [-0.2, -0.15) is 0 Å². The number of nitrogens with zero attached hydrogens (tertiary/aromatic N) is 1. The Kier molecular flexibility index (Phi) is 5.01. The molecule has 0 aliphatic carbocycles. The molecule has 1 rings (SSSR count). The van der Waals surface area contributed by atoms with Crippen LogP contribution in [0.25, 0.3) is 0 Å². The fourth-order valence-electron chi connectivity index (χ4n) is 0.933. The lowest BCUT2D eigenvalue weighted by molar-refractivity contribution is 0.561. The summed E-state index contributed by atoms with van der Waals surface area (Å²) in [6.45, 7) is 5.39. The number of hydrogen-bond donors (Lipinski definition) is 0. The van der Waals surface area contributed by atoms with E-state index < -0.39 is 21.9 Å². The van der Waals surface area contributed by atoms with Crippen LogP contribution in [-0.4, -0.2) is 15.5 Å². The molecule has 0 unspecified atom stereocenters. The van der Waals surface area contributed by atoms with Gasteiger partial charge in [0.1, 0.15) is 21.9 Å². The van der Waals surface area contributed by atoms with E-state index in [1.807, 2.05) is 0 Å². The van der Waals surface area contributed by atoms with E-state index in [0.717, 1.165) is 0 Å². The van der Waals surface area contributed by atoms with Crippen molar-refractivity contribution in [1.29, 1.82) is 0 Å². The fourth-order valence-corrected chi connectivity index (χ4v) is 2.29. The highest BCUT2D eigenvalue weighted by atomic mass is 79.9. The molecule has 0 aromatic heterocycles. The van der Waals surface area contributed by atoms with Gasteiger partial charge >= 0.3 is 0 Å². The van der Waals surface area contributed by atoms with Crippen molar-refractivity contribution < 1.29 is 8.94 Å². The molecule has 6 heteroatoms. The molecule has 17 heavy (non-hydrogen) atoms. The average molecular weight is 341 g/mol. The van der Waals surface area contributed by atoms with Crippen LogP contribution in [0.1, 0.15) is 26.3 Å². The predicted molar refractivity (Wildman–Crippen MR) is 74.6 cm³/mol. The van der Waals surface area contributed by atoms with Gasteiger partial charge in [-0.05, 0) is 48.8 Å². The summed E-state index contributed by atoms with van der Waals surface area (Å²) >= 11 is 7.42. The van der Waals surface area contributed by atoms with Crippen LogP contribution < -0.4 is 0 Å². The first-order chi connectivity index (χ1) is 7.71. The summed E-state index contributed by atoms with van der Waals surface area (Å²) in [6, 6.07) is 2.89. The van der Waals surface area contributed by atoms with E-state index in [1.54, 1.807) is 20.8 Å². The third-order valence-electron chi connectivity index (χ3n) is 1.83. The Hall–Kier alpha value is -0.100. The molecule has 0 spiro atoms. The summed E-state index contributed by atoms with van der Waals surface area (Å²) in [5.74, 6) is -0.468. The zero-order chi connectivity index (χ0) is 13.2. The van der Waals surface area contributed by atoms with Gasteiger partial charge < -0.3 is 4.55 Å². The summed E-state index contributed by atoms with van der Waals surface area (Å²) in [5, 5.41) is 0.390. The molecule has 94 valence electrons. The van der Waals surface area contributed by atoms with E-state index in [1.165, 1.54) is 18.3 Å². The molecule has 1 aromatic carbocycles. The second-order valence-corrected chi connectivity index (χ2v) is 7.61. The van der Waals surface area contributed by atoms with Crippen LogP contribution in [0.3, 0.4) is 0 Å². The van der Waals surface area contributed by atoms with Gasteiger partial charge in [-0.1, -0.05) is 16.0 Å². The monoisotopic (exact) mass is 339 g/mol. The normalized spacial score (nSPS) is 14.3. The zero-order valence-corrected chi connectivity index (χ0v) is 12.8. The lowest BCUT2D eigenvalue weighted by Crippen LogP contribution is -2.25. The Morgan fingerprint density at radius 1 is 1.47 bits per heavy atom. The Balaban J connectivity index is 3.00. The highest BCUT2D eigenvalue weighted by molar-refractivity contribution is 9.10. The topological polar surface area (TPSA) is 35.4 Å². The van der Waals surface area contributed by atoms with Crippen LogP contribution >= 0.6 is 27.5 Å². The second kappa shape index (κ2) is 5.69. The van der Waals surface area contributed by atoms with Crippen molar-refractivity contribution in [3.63, 3.8) is 0 Å². The Bertz CT molecular complexity index is 448. The van der Waals surface area contributed by atoms with Gasteiger partial charge in [0.15, 0.2) is 0 Å². The van der Waals surface area contributed by atoms with E-state index in [-0.39, 0.29) is 10.0 Å². The summed E-state index contributed by atoms with van der Waals surface area (Å²) in [7, 11) is 0. The van der Waals surface area contributed by atoms with E-state index in [0.29, 0.717) is 5.02 Å². The highest BCUT2D eigenvalue weighted by Gasteiger charge is 2.26. The largest absolute Gasteiger partial charge is 0.591 e. The minimum absolute atomic E-state index is 0.210. The molecule has 0 aliphatic rings. The molecule has 0 saturated heterocycles. The predicted octanol–water partition coefficient (Wildman–Crippen LogP) is 4.12. The van der Waals surface area contributed by atoms with Gasteiger partial charge in [-0.25, -0.2) is 4.39 Å². The van der Waals surface area contributed by atoms with Crippen molar-refractivity contribution >= 4 is 45.1 Å². The first kappa shape index (κ1) is 15.0. The van der Waals surface area contributed by atoms with Gasteiger partial charge in [-0.3, -0.25) is 0 Å². The van der Waals surface area contributed by atoms with Crippen molar-refractivity contribution in [1.82, 2.24) is 0 Å². The Labute approximate surface area is 117 Å². The van der Waals surface area contributed by atoms with Crippen molar-refractivity contribution in [2.45, 2.75) is 25.5 Å². The maximum Gasteiger partial charge on any atom is 0.146 e. The van der Waals surface area contributed by atoms with Crippen molar-refractivity contribution in [2.75, 3.05) is 0 Å². The fraction of sp³-hybridized carbons (Fsp3) is 0.364. The molecular formula is C11H12BrClFNOS.